The molecule has 0 aromatic heterocycles. The van der Waals surface area contributed by atoms with E-state index < -0.39 is 11.6 Å². The van der Waals surface area contributed by atoms with E-state index in [1.165, 1.54) is 12.0 Å². The molecule has 0 aliphatic heterocycles. The van der Waals surface area contributed by atoms with Crippen LogP contribution in [-0.4, -0.2) is 49.2 Å². The summed E-state index contributed by atoms with van der Waals surface area (Å²) in [4.78, 5) is 25.3. The first-order chi connectivity index (χ1) is 8.24. The number of ether oxygens (including phenoxy) is 2. The third-order valence-corrected chi connectivity index (χ3v) is 2.52. The van der Waals surface area contributed by atoms with Crippen LogP contribution in [0.1, 0.15) is 34.6 Å². The van der Waals surface area contributed by atoms with Gasteiger partial charge in [0.15, 0.2) is 0 Å². The molecule has 0 saturated heterocycles. The van der Waals surface area contributed by atoms with Crippen LogP contribution in [0.5, 0.6) is 0 Å². The van der Waals surface area contributed by atoms with Crippen molar-refractivity contribution in [1.29, 1.82) is 0 Å². The summed E-state index contributed by atoms with van der Waals surface area (Å²) < 4.78 is 10.0. The zero-order chi connectivity index (χ0) is 14.3. The summed E-state index contributed by atoms with van der Waals surface area (Å²) in [7, 11) is 1.48. The summed E-state index contributed by atoms with van der Waals surface area (Å²) in [6.45, 7) is 9.89. The third kappa shape index (κ3) is 5.49. The van der Waals surface area contributed by atoms with E-state index in [0.29, 0.717) is 13.2 Å². The Morgan fingerprint density at radius 3 is 2.22 bits per heavy atom. The van der Waals surface area contributed by atoms with E-state index in [1.54, 1.807) is 20.8 Å². The molecule has 0 spiro atoms. The number of esters is 1. The number of hydrogen-bond acceptors (Lipinski definition) is 4. The number of nitrogens with zero attached hydrogens (tertiary/aromatic N) is 1. The molecule has 0 radical (unpaired) electrons. The van der Waals surface area contributed by atoms with E-state index >= 15 is 0 Å². The first-order valence-corrected chi connectivity index (χ1v) is 6.24. The van der Waals surface area contributed by atoms with Gasteiger partial charge in [-0.3, -0.25) is 9.59 Å². The number of rotatable bonds is 7. The van der Waals surface area contributed by atoms with Crippen molar-refractivity contribution in [1.82, 2.24) is 4.90 Å². The molecule has 0 atom stereocenters. The van der Waals surface area contributed by atoms with E-state index in [1.807, 2.05) is 13.8 Å². The molecule has 1 amide bonds. The van der Waals surface area contributed by atoms with Crippen LogP contribution in [0.2, 0.25) is 0 Å². The molecule has 0 aromatic rings. The van der Waals surface area contributed by atoms with Gasteiger partial charge >= 0.3 is 5.97 Å². The van der Waals surface area contributed by atoms with Crippen LogP contribution in [-0.2, 0) is 19.1 Å². The number of hydrogen-bond donors (Lipinski definition) is 0. The average Bonchev–Trinajstić information content (AvgIpc) is 2.26. The number of carbonyl (C=O) groups excluding carboxylic acids is 2. The van der Waals surface area contributed by atoms with E-state index in [4.69, 9.17) is 9.47 Å². The highest BCUT2D eigenvalue weighted by Crippen LogP contribution is 2.14. The minimum absolute atomic E-state index is 0.0301. The Morgan fingerprint density at radius 2 is 1.83 bits per heavy atom. The first-order valence-electron chi connectivity index (χ1n) is 6.24. The minimum Gasteiger partial charge on any atom is -0.465 e. The van der Waals surface area contributed by atoms with Gasteiger partial charge in [0.25, 0.3) is 5.91 Å². The lowest BCUT2D eigenvalue weighted by molar-refractivity contribution is -0.158. The molecule has 18 heavy (non-hydrogen) atoms. The van der Waals surface area contributed by atoms with Gasteiger partial charge in [0.1, 0.15) is 12.1 Å². The number of methoxy groups -OCH3 is 1. The quantitative estimate of drug-likeness (QED) is 0.649. The Balaban J connectivity index is 4.77. The van der Waals surface area contributed by atoms with Crippen molar-refractivity contribution in [2.45, 2.75) is 40.2 Å². The summed E-state index contributed by atoms with van der Waals surface area (Å²) in [6.07, 6.45) is 0. The second kappa shape index (κ2) is 7.36. The zero-order valence-corrected chi connectivity index (χ0v) is 12.3. The summed E-state index contributed by atoms with van der Waals surface area (Å²) >= 11 is 0. The van der Waals surface area contributed by atoms with E-state index in [9.17, 15) is 9.59 Å². The van der Waals surface area contributed by atoms with Crippen molar-refractivity contribution >= 4 is 11.9 Å². The number of amides is 1. The van der Waals surface area contributed by atoms with E-state index in [2.05, 4.69) is 0 Å². The fraction of sp³-hybridized carbons (Fsp3) is 0.846. The van der Waals surface area contributed by atoms with Gasteiger partial charge in [0.2, 0.25) is 0 Å². The van der Waals surface area contributed by atoms with Gasteiger partial charge in [-0.2, -0.15) is 0 Å². The van der Waals surface area contributed by atoms with Crippen LogP contribution in [0.4, 0.5) is 0 Å². The summed E-state index contributed by atoms with van der Waals surface area (Å²) in [5.41, 5.74) is -0.929. The lowest BCUT2D eigenvalue weighted by atomic mass is 10.1. The molecule has 0 fully saturated rings. The van der Waals surface area contributed by atoms with Gasteiger partial charge < -0.3 is 14.4 Å². The van der Waals surface area contributed by atoms with Crippen LogP contribution >= 0.6 is 0 Å². The normalized spacial score (nSPS) is 11.5. The Labute approximate surface area is 109 Å². The van der Waals surface area contributed by atoms with Crippen LogP contribution in [0.15, 0.2) is 0 Å². The lowest BCUT2D eigenvalue weighted by Gasteiger charge is -2.31. The molecule has 0 aliphatic carbocycles. The minimum atomic E-state index is -0.929. The van der Waals surface area contributed by atoms with Crippen molar-refractivity contribution in [3.63, 3.8) is 0 Å². The Morgan fingerprint density at radius 1 is 1.28 bits per heavy atom. The largest absolute Gasteiger partial charge is 0.465 e. The molecule has 0 aromatic carbocycles. The fourth-order valence-electron chi connectivity index (χ4n) is 1.49. The maximum absolute atomic E-state index is 12.3. The van der Waals surface area contributed by atoms with Gasteiger partial charge in [-0.15, -0.1) is 0 Å². The molecule has 5 nitrogen and oxygen atoms in total. The van der Waals surface area contributed by atoms with Crippen molar-refractivity contribution in [3.05, 3.63) is 0 Å². The standard InChI is InChI=1S/C13H25NO4/c1-7-18-11(15)9-14(8-10(2)3)12(16)13(4,5)17-6/h10H,7-9H2,1-6H3. The highest BCUT2D eigenvalue weighted by atomic mass is 16.5. The SMILES string of the molecule is CCOC(=O)CN(CC(C)C)C(=O)C(C)(C)OC. The van der Waals surface area contributed by atoms with Gasteiger partial charge in [-0.05, 0) is 26.7 Å². The smallest absolute Gasteiger partial charge is 0.325 e. The van der Waals surface area contributed by atoms with Crippen molar-refractivity contribution < 1.29 is 19.1 Å². The molecule has 0 bridgehead atoms. The summed E-state index contributed by atoms with van der Waals surface area (Å²) in [6, 6.07) is 0. The highest BCUT2D eigenvalue weighted by molar-refractivity contribution is 5.87. The molecular weight excluding hydrogens is 234 g/mol. The predicted molar refractivity (Wildman–Crippen MR) is 69.1 cm³/mol. The van der Waals surface area contributed by atoms with E-state index in [0.717, 1.165) is 0 Å². The van der Waals surface area contributed by atoms with Crippen molar-refractivity contribution in [3.8, 4) is 0 Å². The zero-order valence-electron chi connectivity index (χ0n) is 12.3. The molecule has 0 N–H and O–H groups in total. The summed E-state index contributed by atoms with van der Waals surface area (Å²) in [5, 5.41) is 0. The maximum Gasteiger partial charge on any atom is 0.325 e. The maximum atomic E-state index is 12.3. The Kier molecular flexibility index (Phi) is 6.91. The molecule has 106 valence electrons. The van der Waals surface area contributed by atoms with Crippen LogP contribution in [0.25, 0.3) is 0 Å². The van der Waals surface area contributed by atoms with Crippen molar-refractivity contribution in [2.75, 3.05) is 26.8 Å². The predicted octanol–water partition coefficient (Wildman–Crippen LogP) is 1.46. The van der Waals surface area contributed by atoms with E-state index in [-0.39, 0.29) is 18.4 Å². The molecule has 0 unspecified atom stereocenters. The molecule has 0 saturated carbocycles. The summed E-state index contributed by atoms with van der Waals surface area (Å²) in [5.74, 6) is -0.318. The topological polar surface area (TPSA) is 55.8 Å². The second-order valence-corrected chi connectivity index (χ2v) is 5.10. The fourth-order valence-corrected chi connectivity index (χ4v) is 1.49. The molecule has 5 heteroatoms. The Hall–Kier alpha value is -1.10. The monoisotopic (exact) mass is 259 g/mol. The number of carbonyl (C=O) groups is 2. The van der Waals surface area contributed by atoms with Crippen LogP contribution in [0.3, 0.4) is 0 Å². The molecule has 0 rings (SSSR count). The lowest BCUT2D eigenvalue weighted by Crippen LogP contribution is -2.49. The van der Waals surface area contributed by atoms with Crippen LogP contribution in [0, 0.1) is 5.92 Å². The highest BCUT2D eigenvalue weighted by Gasteiger charge is 2.33. The third-order valence-electron chi connectivity index (χ3n) is 2.52. The molecule has 0 aliphatic rings. The van der Waals surface area contributed by atoms with Gasteiger partial charge in [-0.1, -0.05) is 13.8 Å². The second-order valence-electron chi connectivity index (χ2n) is 5.10. The van der Waals surface area contributed by atoms with Crippen LogP contribution < -0.4 is 0 Å². The molecular formula is C13H25NO4. The van der Waals surface area contributed by atoms with Crippen molar-refractivity contribution in [2.24, 2.45) is 5.92 Å². The van der Waals surface area contributed by atoms with Gasteiger partial charge in [-0.25, -0.2) is 0 Å². The Bertz CT molecular complexity index is 287. The first kappa shape index (κ1) is 16.9. The average molecular weight is 259 g/mol. The van der Waals surface area contributed by atoms with Gasteiger partial charge in [0, 0.05) is 13.7 Å². The van der Waals surface area contributed by atoms with Gasteiger partial charge in [0.05, 0.1) is 6.61 Å². The molecule has 0 heterocycles.